The number of aliphatic hydroxyl groups excluding tert-OH is 3. The molecule has 13 heteroatoms. The molecule has 0 aliphatic carbocycles. The van der Waals surface area contributed by atoms with Crippen LogP contribution in [0.15, 0.2) is 12.2 Å². The van der Waals surface area contributed by atoms with Crippen LogP contribution in [0.5, 0.6) is 0 Å². The monoisotopic (exact) mass is 837 g/mol. The summed E-state index contributed by atoms with van der Waals surface area (Å²) < 4.78 is 59.0. The number of allylic oxidation sites excluding steroid dienone is 2. The maximum absolute atomic E-state index is 12.8. The van der Waals surface area contributed by atoms with E-state index in [-0.39, 0.29) is 19.6 Å². The second-order valence-corrected chi connectivity index (χ2v) is 17.0. The zero-order valence-electron chi connectivity index (χ0n) is 35.9. The Kier molecular flexibility index (Phi) is 34.6. The van der Waals surface area contributed by atoms with E-state index in [1.54, 1.807) is 0 Å². The Morgan fingerprint density at radius 2 is 1.11 bits per heavy atom. The Bertz CT molecular complexity index is 1060. The first kappa shape index (κ1) is 53.9. The molecular formula is C44H84O12S. The second kappa shape index (κ2) is 36.7. The lowest BCUT2D eigenvalue weighted by atomic mass is 9.99. The van der Waals surface area contributed by atoms with E-state index < -0.39 is 59.8 Å². The minimum atomic E-state index is -5.06. The number of rotatable bonds is 40. The smallest absolute Gasteiger partial charge is 0.397 e. The molecule has 0 bridgehead atoms. The molecule has 6 unspecified atom stereocenters. The van der Waals surface area contributed by atoms with Crippen LogP contribution in [-0.4, -0.2) is 97.5 Å². The Morgan fingerprint density at radius 3 is 1.61 bits per heavy atom. The molecule has 1 fully saturated rings. The Morgan fingerprint density at radius 1 is 0.649 bits per heavy atom. The quantitative estimate of drug-likeness (QED) is 0.0199. The summed E-state index contributed by atoms with van der Waals surface area (Å²) in [5.41, 5.74) is 0. The van der Waals surface area contributed by atoms with Crippen LogP contribution < -0.4 is 0 Å². The topological polar surface area (TPSA) is 178 Å². The highest BCUT2D eigenvalue weighted by atomic mass is 32.3. The van der Waals surface area contributed by atoms with Crippen molar-refractivity contribution in [1.29, 1.82) is 0 Å². The standard InChI is InChI=1S/C44H84O12S/c1-3-5-7-9-11-13-15-17-18-19-20-21-22-24-26-28-30-32-34-52-36-38(54-40(46)33-31-29-27-25-23-16-14-12-10-8-6-4-2)37-53-44-42(48)43(56-57(49,50)51)41(47)39(35-45)55-44/h12,14,38-39,41-45,47-48H,3-11,13,15-37H2,1-2H3,(H,49,50,51)/b14-12-. The van der Waals surface area contributed by atoms with Crippen molar-refractivity contribution in [3.8, 4) is 0 Å². The van der Waals surface area contributed by atoms with Crippen LogP contribution in [0.2, 0.25) is 0 Å². The molecule has 338 valence electrons. The molecule has 0 aromatic heterocycles. The van der Waals surface area contributed by atoms with Gasteiger partial charge in [0.2, 0.25) is 0 Å². The van der Waals surface area contributed by atoms with Gasteiger partial charge in [0, 0.05) is 13.0 Å². The average Bonchev–Trinajstić information content (AvgIpc) is 3.18. The number of hydrogen-bond acceptors (Lipinski definition) is 11. The van der Waals surface area contributed by atoms with E-state index in [4.69, 9.17) is 23.5 Å². The summed E-state index contributed by atoms with van der Waals surface area (Å²) >= 11 is 0. The second-order valence-electron chi connectivity index (χ2n) is 16.0. The molecule has 0 amide bonds. The van der Waals surface area contributed by atoms with Crippen molar-refractivity contribution in [1.82, 2.24) is 0 Å². The normalized spacial score (nSPS) is 20.7. The largest absolute Gasteiger partial charge is 0.457 e. The number of aliphatic hydroxyl groups is 3. The Hall–Kier alpha value is -1.16. The molecule has 0 aromatic carbocycles. The van der Waals surface area contributed by atoms with Crippen LogP contribution in [-0.2, 0) is 38.3 Å². The summed E-state index contributed by atoms with van der Waals surface area (Å²) in [5, 5.41) is 30.6. The fraction of sp³-hybridized carbons (Fsp3) is 0.932. The number of hydrogen-bond donors (Lipinski definition) is 4. The Balaban J connectivity index is 2.39. The average molecular weight is 837 g/mol. The van der Waals surface area contributed by atoms with Crippen molar-refractivity contribution in [2.24, 2.45) is 0 Å². The zero-order valence-corrected chi connectivity index (χ0v) is 36.7. The lowest BCUT2D eigenvalue weighted by molar-refractivity contribution is -0.301. The maximum atomic E-state index is 12.8. The third-order valence-corrected chi connectivity index (χ3v) is 11.1. The van der Waals surface area contributed by atoms with Crippen molar-refractivity contribution < 1.29 is 56.2 Å². The minimum Gasteiger partial charge on any atom is -0.457 e. The van der Waals surface area contributed by atoms with Gasteiger partial charge in [0.15, 0.2) is 6.29 Å². The molecule has 57 heavy (non-hydrogen) atoms. The highest BCUT2D eigenvalue weighted by molar-refractivity contribution is 7.80. The molecule has 0 spiro atoms. The van der Waals surface area contributed by atoms with Gasteiger partial charge in [-0.2, -0.15) is 8.42 Å². The molecule has 1 aliphatic rings. The summed E-state index contributed by atoms with van der Waals surface area (Å²) in [6.45, 7) is 3.98. The summed E-state index contributed by atoms with van der Waals surface area (Å²) in [6.07, 6.45) is 29.6. The molecule has 4 N–H and O–H groups in total. The molecule has 6 atom stereocenters. The van der Waals surface area contributed by atoms with Gasteiger partial charge in [-0.1, -0.05) is 167 Å². The molecule has 12 nitrogen and oxygen atoms in total. The fourth-order valence-electron chi connectivity index (χ4n) is 7.14. The molecule has 1 rings (SSSR count). The third-order valence-electron chi connectivity index (χ3n) is 10.6. The molecule has 0 saturated carbocycles. The highest BCUT2D eigenvalue weighted by Gasteiger charge is 2.48. The van der Waals surface area contributed by atoms with Gasteiger partial charge in [-0.25, -0.2) is 4.18 Å². The van der Waals surface area contributed by atoms with Crippen LogP contribution in [0, 0.1) is 0 Å². The first-order valence-electron chi connectivity index (χ1n) is 22.9. The Labute approximate surface area is 347 Å². The van der Waals surface area contributed by atoms with Gasteiger partial charge in [-0.05, 0) is 38.5 Å². The molecule has 0 aromatic rings. The highest BCUT2D eigenvalue weighted by Crippen LogP contribution is 2.26. The van der Waals surface area contributed by atoms with Gasteiger partial charge in [0.1, 0.15) is 30.5 Å². The number of carbonyl (C=O) groups excluding carboxylic acids is 1. The molecule has 1 saturated heterocycles. The molecule has 1 aliphatic heterocycles. The van der Waals surface area contributed by atoms with Crippen LogP contribution in [0.25, 0.3) is 0 Å². The lowest BCUT2D eigenvalue weighted by Gasteiger charge is -2.41. The summed E-state index contributed by atoms with van der Waals surface area (Å²) in [4.78, 5) is 12.8. The van der Waals surface area contributed by atoms with E-state index in [1.807, 2.05) is 0 Å². The van der Waals surface area contributed by atoms with Gasteiger partial charge < -0.3 is 34.3 Å². The van der Waals surface area contributed by atoms with E-state index >= 15 is 0 Å². The predicted octanol–water partition coefficient (Wildman–Crippen LogP) is 9.47. The van der Waals surface area contributed by atoms with Gasteiger partial charge in [-0.15, -0.1) is 0 Å². The van der Waals surface area contributed by atoms with E-state index in [1.165, 1.54) is 116 Å². The van der Waals surface area contributed by atoms with Gasteiger partial charge >= 0.3 is 16.4 Å². The van der Waals surface area contributed by atoms with Gasteiger partial charge in [0.25, 0.3) is 0 Å². The summed E-state index contributed by atoms with van der Waals surface area (Å²) in [6, 6.07) is 0. The van der Waals surface area contributed by atoms with Crippen molar-refractivity contribution in [3.63, 3.8) is 0 Å². The van der Waals surface area contributed by atoms with Gasteiger partial charge in [0.05, 0.1) is 19.8 Å². The maximum Gasteiger partial charge on any atom is 0.397 e. The predicted molar refractivity (Wildman–Crippen MR) is 225 cm³/mol. The fourth-order valence-corrected chi connectivity index (χ4v) is 7.65. The van der Waals surface area contributed by atoms with Crippen LogP contribution in [0.4, 0.5) is 0 Å². The number of carbonyl (C=O) groups is 1. The van der Waals surface area contributed by atoms with Crippen molar-refractivity contribution in [2.45, 2.75) is 237 Å². The van der Waals surface area contributed by atoms with E-state index in [0.717, 1.165) is 57.8 Å². The third kappa shape index (κ3) is 30.5. The van der Waals surface area contributed by atoms with E-state index in [9.17, 15) is 28.5 Å². The van der Waals surface area contributed by atoms with Crippen LogP contribution in [0.1, 0.15) is 200 Å². The summed E-state index contributed by atoms with van der Waals surface area (Å²) in [5.74, 6) is -0.406. The van der Waals surface area contributed by atoms with Crippen molar-refractivity contribution in [3.05, 3.63) is 12.2 Å². The molecule has 0 radical (unpaired) electrons. The zero-order chi connectivity index (χ0) is 41.8. The SMILES string of the molecule is CCCCC/C=C\CCCCCCCC(=O)OC(COCCCCCCCCCCCCCCCCCCCC)COC1OC(CO)C(O)C(OS(=O)(=O)O)C1O. The molecular weight excluding hydrogens is 753 g/mol. The summed E-state index contributed by atoms with van der Waals surface area (Å²) in [7, 11) is -5.06. The first-order valence-corrected chi connectivity index (χ1v) is 24.3. The lowest BCUT2D eigenvalue weighted by Crippen LogP contribution is -2.60. The van der Waals surface area contributed by atoms with E-state index in [0.29, 0.717) is 13.0 Å². The van der Waals surface area contributed by atoms with E-state index in [2.05, 4.69) is 30.2 Å². The molecule has 1 heterocycles. The van der Waals surface area contributed by atoms with Gasteiger partial charge in [-0.3, -0.25) is 9.35 Å². The van der Waals surface area contributed by atoms with Crippen LogP contribution >= 0.6 is 0 Å². The number of esters is 1. The van der Waals surface area contributed by atoms with Crippen molar-refractivity contribution >= 4 is 16.4 Å². The number of unbranched alkanes of at least 4 members (excludes halogenated alkanes) is 25. The number of ether oxygens (including phenoxy) is 4. The minimum absolute atomic E-state index is 0.0382. The van der Waals surface area contributed by atoms with Crippen molar-refractivity contribution in [2.75, 3.05) is 26.4 Å². The van der Waals surface area contributed by atoms with Crippen LogP contribution in [0.3, 0.4) is 0 Å². The first-order chi connectivity index (χ1) is 27.6.